The minimum atomic E-state index is -0.510. The molecule has 0 radical (unpaired) electrons. The quantitative estimate of drug-likeness (QED) is 0.618. The number of aryl methyl sites for hydroxylation is 2. The molecule has 1 N–H and O–H groups in total. The van der Waals surface area contributed by atoms with Gasteiger partial charge in [0.1, 0.15) is 11.3 Å². The number of benzene rings is 2. The van der Waals surface area contributed by atoms with Crippen LogP contribution >= 0.6 is 11.6 Å². The van der Waals surface area contributed by atoms with Gasteiger partial charge < -0.3 is 19.2 Å². The molecule has 28 heavy (non-hydrogen) atoms. The number of hydrogen-bond donors (Lipinski definition) is 1. The van der Waals surface area contributed by atoms with Crippen molar-refractivity contribution >= 4 is 40.1 Å². The third-order valence-corrected chi connectivity index (χ3v) is 4.70. The first-order valence-electron chi connectivity index (χ1n) is 8.63. The molecule has 1 aromatic heterocycles. The van der Waals surface area contributed by atoms with Crippen molar-refractivity contribution in [1.29, 1.82) is 0 Å². The van der Waals surface area contributed by atoms with E-state index in [2.05, 4.69) is 5.32 Å². The molecule has 0 aliphatic rings. The summed E-state index contributed by atoms with van der Waals surface area (Å²) in [6, 6.07) is 8.76. The maximum Gasteiger partial charge on any atom is 0.310 e. The van der Waals surface area contributed by atoms with E-state index in [-0.39, 0.29) is 6.42 Å². The Morgan fingerprint density at radius 3 is 2.61 bits per heavy atom. The molecular formula is C21H20ClNO5. The summed E-state index contributed by atoms with van der Waals surface area (Å²) in [5, 5.41) is 3.86. The second kappa shape index (κ2) is 8.35. The number of esters is 1. The molecule has 0 unspecified atom stereocenters. The highest BCUT2D eigenvalue weighted by atomic mass is 35.5. The van der Waals surface area contributed by atoms with Gasteiger partial charge in [0.15, 0.2) is 6.61 Å². The number of carbonyl (C=O) groups is 2. The molecule has 3 rings (SSSR count). The Hall–Kier alpha value is -2.99. The molecule has 146 valence electrons. The molecule has 2 aromatic carbocycles. The summed E-state index contributed by atoms with van der Waals surface area (Å²) < 4.78 is 15.6. The van der Waals surface area contributed by atoms with Crippen LogP contribution in [0.1, 0.15) is 16.7 Å². The second-order valence-corrected chi connectivity index (χ2v) is 6.84. The summed E-state index contributed by atoms with van der Waals surface area (Å²) in [4.78, 5) is 24.1. The molecule has 0 saturated carbocycles. The van der Waals surface area contributed by atoms with Crippen molar-refractivity contribution in [2.75, 3.05) is 19.0 Å². The lowest BCUT2D eigenvalue weighted by atomic mass is 10.0. The van der Waals surface area contributed by atoms with Gasteiger partial charge in [-0.2, -0.15) is 0 Å². The van der Waals surface area contributed by atoms with Crippen molar-refractivity contribution in [3.05, 3.63) is 58.3 Å². The lowest BCUT2D eigenvalue weighted by Crippen LogP contribution is -2.21. The predicted molar refractivity (Wildman–Crippen MR) is 107 cm³/mol. The van der Waals surface area contributed by atoms with E-state index >= 15 is 0 Å². The zero-order valence-corrected chi connectivity index (χ0v) is 16.6. The molecule has 1 amide bonds. The van der Waals surface area contributed by atoms with Crippen LogP contribution in [0.15, 0.2) is 41.0 Å². The van der Waals surface area contributed by atoms with Crippen LogP contribution in [0.3, 0.4) is 0 Å². The molecule has 0 bridgehead atoms. The van der Waals surface area contributed by atoms with Crippen LogP contribution in [0.5, 0.6) is 5.75 Å². The molecule has 0 fully saturated rings. The number of fused-ring (bicyclic) bond motifs is 1. The number of ether oxygens (including phenoxy) is 2. The third kappa shape index (κ3) is 4.46. The van der Waals surface area contributed by atoms with E-state index in [0.29, 0.717) is 16.5 Å². The highest BCUT2D eigenvalue weighted by molar-refractivity contribution is 6.32. The van der Waals surface area contributed by atoms with Crippen molar-refractivity contribution < 1.29 is 23.5 Å². The molecule has 0 spiro atoms. The van der Waals surface area contributed by atoms with E-state index < -0.39 is 18.5 Å². The van der Waals surface area contributed by atoms with Gasteiger partial charge in [-0.25, -0.2) is 0 Å². The van der Waals surface area contributed by atoms with E-state index in [1.165, 1.54) is 7.11 Å². The largest absolute Gasteiger partial charge is 0.495 e. The predicted octanol–water partition coefficient (Wildman–Crippen LogP) is 4.44. The van der Waals surface area contributed by atoms with Gasteiger partial charge in [0.05, 0.1) is 24.8 Å². The lowest BCUT2D eigenvalue weighted by molar-refractivity contribution is -0.146. The fourth-order valence-electron chi connectivity index (χ4n) is 2.77. The molecule has 6 nitrogen and oxygen atoms in total. The highest BCUT2D eigenvalue weighted by Crippen LogP contribution is 2.27. The average molecular weight is 402 g/mol. The van der Waals surface area contributed by atoms with Gasteiger partial charge in [-0.3, -0.25) is 9.59 Å². The third-order valence-electron chi connectivity index (χ3n) is 4.40. The van der Waals surface area contributed by atoms with E-state index in [4.69, 9.17) is 25.5 Å². The fraction of sp³-hybridized carbons (Fsp3) is 0.238. The molecule has 0 aliphatic carbocycles. The van der Waals surface area contributed by atoms with Crippen LogP contribution < -0.4 is 10.1 Å². The molecular weight excluding hydrogens is 382 g/mol. The minimum absolute atomic E-state index is 0.0249. The van der Waals surface area contributed by atoms with Gasteiger partial charge in [0.25, 0.3) is 5.91 Å². The maximum atomic E-state index is 12.1. The summed E-state index contributed by atoms with van der Waals surface area (Å²) in [6.07, 6.45) is 1.57. The monoisotopic (exact) mass is 401 g/mol. The standard InChI is InChI=1S/C21H20ClNO5/c1-12-6-16-14(10-27-19(16)7-13(12)2)8-21(25)28-11-20(24)23-15-4-5-18(26-3)17(22)9-15/h4-7,9-10H,8,11H2,1-3H3,(H,23,24). The summed E-state index contributed by atoms with van der Waals surface area (Å²) >= 11 is 6.02. The van der Waals surface area contributed by atoms with E-state index in [1.807, 2.05) is 26.0 Å². The van der Waals surface area contributed by atoms with Gasteiger partial charge >= 0.3 is 5.97 Å². The van der Waals surface area contributed by atoms with Crippen molar-refractivity contribution in [2.45, 2.75) is 20.3 Å². The number of furan rings is 1. The summed E-state index contributed by atoms with van der Waals surface area (Å²) in [6.45, 7) is 3.61. The first kappa shape index (κ1) is 19.8. The van der Waals surface area contributed by atoms with Gasteiger partial charge in [0.2, 0.25) is 0 Å². The lowest BCUT2D eigenvalue weighted by Gasteiger charge is -2.08. The number of anilines is 1. The van der Waals surface area contributed by atoms with Crippen LogP contribution in [0.4, 0.5) is 5.69 Å². The Bertz CT molecular complexity index is 1040. The number of halogens is 1. The number of carbonyl (C=O) groups excluding carboxylic acids is 2. The van der Waals surface area contributed by atoms with Crippen molar-refractivity contribution in [3.63, 3.8) is 0 Å². The summed E-state index contributed by atoms with van der Waals surface area (Å²) in [5.41, 5.74) is 4.16. The van der Waals surface area contributed by atoms with E-state index in [1.54, 1.807) is 24.5 Å². The Morgan fingerprint density at radius 1 is 1.14 bits per heavy atom. The normalized spacial score (nSPS) is 10.7. The summed E-state index contributed by atoms with van der Waals surface area (Å²) in [5.74, 6) is -0.467. The Labute approximate surface area is 167 Å². The number of amides is 1. The Kier molecular flexibility index (Phi) is 5.90. The fourth-order valence-corrected chi connectivity index (χ4v) is 3.02. The average Bonchev–Trinajstić information content (AvgIpc) is 3.02. The maximum absolute atomic E-state index is 12.1. The zero-order chi connectivity index (χ0) is 20.3. The number of methoxy groups -OCH3 is 1. The SMILES string of the molecule is COc1ccc(NC(=O)COC(=O)Cc2coc3cc(C)c(C)cc23)cc1Cl. The zero-order valence-electron chi connectivity index (χ0n) is 15.8. The molecule has 3 aromatic rings. The highest BCUT2D eigenvalue weighted by Gasteiger charge is 2.14. The smallest absolute Gasteiger partial charge is 0.310 e. The number of nitrogens with one attached hydrogen (secondary N) is 1. The van der Waals surface area contributed by atoms with Crippen molar-refractivity contribution in [3.8, 4) is 5.75 Å². The van der Waals surface area contributed by atoms with Crippen LogP contribution in [0.25, 0.3) is 11.0 Å². The first-order valence-corrected chi connectivity index (χ1v) is 9.01. The van der Waals surface area contributed by atoms with E-state index in [9.17, 15) is 9.59 Å². The topological polar surface area (TPSA) is 77.8 Å². The number of hydrogen-bond acceptors (Lipinski definition) is 5. The second-order valence-electron chi connectivity index (χ2n) is 6.43. The van der Waals surface area contributed by atoms with Crippen LogP contribution in [-0.4, -0.2) is 25.6 Å². The molecule has 7 heteroatoms. The van der Waals surface area contributed by atoms with E-state index in [0.717, 1.165) is 27.7 Å². The minimum Gasteiger partial charge on any atom is -0.495 e. The first-order chi connectivity index (χ1) is 13.4. The van der Waals surface area contributed by atoms with Crippen LogP contribution in [0.2, 0.25) is 5.02 Å². The Balaban J connectivity index is 1.56. The van der Waals surface area contributed by atoms with Gasteiger partial charge in [-0.15, -0.1) is 0 Å². The van der Waals surface area contributed by atoms with Crippen LogP contribution in [-0.2, 0) is 20.7 Å². The number of rotatable bonds is 6. The van der Waals surface area contributed by atoms with Gasteiger partial charge in [-0.1, -0.05) is 11.6 Å². The summed E-state index contributed by atoms with van der Waals surface area (Å²) in [7, 11) is 1.50. The molecule has 0 atom stereocenters. The van der Waals surface area contributed by atoms with Gasteiger partial charge in [0, 0.05) is 16.6 Å². The Morgan fingerprint density at radius 2 is 1.89 bits per heavy atom. The molecule has 1 heterocycles. The van der Waals surface area contributed by atoms with Crippen molar-refractivity contribution in [2.24, 2.45) is 0 Å². The molecule has 0 aliphatic heterocycles. The van der Waals surface area contributed by atoms with Gasteiger partial charge in [-0.05, 0) is 55.3 Å². The van der Waals surface area contributed by atoms with Crippen molar-refractivity contribution in [1.82, 2.24) is 0 Å². The van der Waals surface area contributed by atoms with Crippen LogP contribution in [0, 0.1) is 13.8 Å². The molecule has 0 saturated heterocycles.